The van der Waals surface area contributed by atoms with Gasteiger partial charge in [-0.3, -0.25) is 4.79 Å². The lowest BCUT2D eigenvalue weighted by atomic mass is 10.2. The summed E-state index contributed by atoms with van der Waals surface area (Å²) in [6.45, 7) is 2.28. The lowest BCUT2D eigenvalue weighted by molar-refractivity contribution is -0.113. The molecule has 0 unspecified atom stereocenters. The van der Waals surface area contributed by atoms with E-state index in [2.05, 4.69) is 20.6 Å². The summed E-state index contributed by atoms with van der Waals surface area (Å²) in [7, 11) is 0. The van der Waals surface area contributed by atoms with Crippen LogP contribution in [-0.2, 0) is 11.3 Å². The third kappa shape index (κ3) is 5.68. The van der Waals surface area contributed by atoms with Gasteiger partial charge in [0.25, 0.3) is 0 Å². The van der Waals surface area contributed by atoms with Crippen LogP contribution in [0.3, 0.4) is 0 Å². The van der Waals surface area contributed by atoms with Gasteiger partial charge in [0.2, 0.25) is 5.91 Å². The van der Waals surface area contributed by atoms with Crippen molar-refractivity contribution in [3.05, 3.63) is 76.8 Å². The van der Waals surface area contributed by atoms with E-state index < -0.39 is 0 Å². The molecule has 2 N–H and O–H groups in total. The third-order valence-corrected chi connectivity index (χ3v) is 5.17. The standard InChI is InChI=1S/C20H18ClFN4OS/c1-13-8-15(22)6-7-17(13)26-19(27)11-28-20-9-18(24-12-25-20)23-10-14-4-2-3-5-16(14)21/h2-9,12H,10-11H2,1H3,(H,26,27)(H,23,24,25). The van der Waals surface area contributed by atoms with Gasteiger partial charge in [-0.2, -0.15) is 0 Å². The van der Waals surface area contributed by atoms with E-state index in [-0.39, 0.29) is 17.5 Å². The Morgan fingerprint density at radius 1 is 1.18 bits per heavy atom. The van der Waals surface area contributed by atoms with Gasteiger partial charge in [-0.15, -0.1) is 0 Å². The van der Waals surface area contributed by atoms with Gasteiger partial charge in [0.05, 0.1) is 5.75 Å². The number of benzene rings is 2. The van der Waals surface area contributed by atoms with Crippen LogP contribution in [0, 0.1) is 12.7 Å². The number of hydrogen-bond donors (Lipinski definition) is 2. The molecule has 8 heteroatoms. The minimum Gasteiger partial charge on any atom is -0.366 e. The van der Waals surface area contributed by atoms with Crippen molar-refractivity contribution in [2.24, 2.45) is 0 Å². The highest BCUT2D eigenvalue weighted by Crippen LogP contribution is 2.21. The molecule has 0 aliphatic heterocycles. The van der Waals surface area contributed by atoms with E-state index in [4.69, 9.17) is 11.6 Å². The SMILES string of the molecule is Cc1cc(F)ccc1NC(=O)CSc1cc(NCc2ccccc2Cl)ncn1. The number of nitrogens with zero attached hydrogens (tertiary/aromatic N) is 2. The Bertz CT molecular complexity index is 986. The molecule has 0 bridgehead atoms. The van der Waals surface area contributed by atoms with E-state index in [1.807, 2.05) is 24.3 Å². The summed E-state index contributed by atoms with van der Waals surface area (Å²) in [6.07, 6.45) is 1.44. The van der Waals surface area contributed by atoms with Gasteiger partial charge in [0.1, 0.15) is 23.0 Å². The van der Waals surface area contributed by atoms with Crippen molar-refractivity contribution in [3.63, 3.8) is 0 Å². The predicted octanol–water partition coefficient (Wildman–Crippen LogP) is 4.92. The number of rotatable bonds is 7. The van der Waals surface area contributed by atoms with E-state index in [1.54, 1.807) is 19.1 Å². The predicted molar refractivity (Wildman–Crippen MR) is 111 cm³/mol. The van der Waals surface area contributed by atoms with Crippen molar-refractivity contribution in [3.8, 4) is 0 Å². The van der Waals surface area contributed by atoms with E-state index in [0.29, 0.717) is 33.7 Å². The minimum atomic E-state index is -0.331. The molecule has 0 fully saturated rings. The lowest BCUT2D eigenvalue weighted by Crippen LogP contribution is -2.15. The highest BCUT2D eigenvalue weighted by molar-refractivity contribution is 7.99. The van der Waals surface area contributed by atoms with Crippen LogP contribution in [0.15, 0.2) is 59.9 Å². The van der Waals surface area contributed by atoms with E-state index in [0.717, 1.165) is 5.56 Å². The second-order valence-electron chi connectivity index (χ2n) is 5.98. The smallest absolute Gasteiger partial charge is 0.234 e. The minimum absolute atomic E-state index is 0.178. The van der Waals surface area contributed by atoms with Gasteiger partial charge in [0, 0.05) is 23.3 Å². The Kier molecular flexibility index (Phi) is 6.84. The molecule has 3 aromatic rings. The average molecular weight is 417 g/mol. The fraction of sp³-hybridized carbons (Fsp3) is 0.150. The van der Waals surface area contributed by atoms with Gasteiger partial charge in [-0.25, -0.2) is 14.4 Å². The Hall–Kier alpha value is -2.64. The Morgan fingerprint density at radius 3 is 2.79 bits per heavy atom. The molecule has 0 radical (unpaired) electrons. The van der Waals surface area contributed by atoms with Crippen LogP contribution in [0.25, 0.3) is 0 Å². The van der Waals surface area contributed by atoms with Crippen LogP contribution in [0.5, 0.6) is 0 Å². The number of amides is 1. The quantitative estimate of drug-likeness (QED) is 0.422. The maximum absolute atomic E-state index is 13.1. The van der Waals surface area contributed by atoms with Crippen molar-refractivity contribution in [1.29, 1.82) is 0 Å². The summed E-state index contributed by atoms with van der Waals surface area (Å²) < 4.78 is 13.1. The summed E-state index contributed by atoms with van der Waals surface area (Å²) in [5.74, 6) is 0.302. The number of aromatic nitrogens is 2. The molecule has 1 amide bonds. The highest BCUT2D eigenvalue weighted by atomic mass is 35.5. The molecule has 2 aromatic carbocycles. The monoisotopic (exact) mass is 416 g/mol. The van der Waals surface area contributed by atoms with Crippen molar-refractivity contribution < 1.29 is 9.18 Å². The van der Waals surface area contributed by atoms with E-state index in [1.165, 1.54) is 30.2 Å². The molecular weight excluding hydrogens is 399 g/mol. The van der Waals surface area contributed by atoms with Gasteiger partial charge in [0.15, 0.2) is 0 Å². The molecule has 0 saturated carbocycles. The van der Waals surface area contributed by atoms with E-state index in [9.17, 15) is 9.18 Å². The molecule has 144 valence electrons. The Labute approximate surface area is 171 Å². The van der Waals surface area contributed by atoms with Gasteiger partial charge in [-0.1, -0.05) is 41.6 Å². The van der Waals surface area contributed by atoms with E-state index >= 15 is 0 Å². The zero-order valence-electron chi connectivity index (χ0n) is 15.1. The average Bonchev–Trinajstić information content (AvgIpc) is 2.68. The maximum Gasteiger partial charge on any atom is 0.234 e. The fourth-order valence-electron chi connectivity index (χ4n) is 2.44. The highest BCUT2D eigenvalue weighted by Gasteiger charge is 2.08. The lowest BCUT2D eigenvalue weighted by Gasteiger charge is -2.09. The molecule has 0 aliphatic rings. The number of halogens is 2. The summed E-state index contributed by atoms with van der Waals surface area (Å²) in [5, 5.41) is 7.33. The van der Waals surface area contributed by atoms with Crippen molar-refractivity contribution in [1.82, 2.24) is 9.97 Å². The fourth-order valence-corrected chi connectivity index (χ4v) is 3.31. The van der Waals surface area contributed by atoms with Crippen LogP contribution in [0.4, 0.5) is 15.9 Å². The van der Waals surface area contributed by atoms with Crippen LogP contribution in [0.1, 0.15) is 11.1 Å². The molecule has 5 nitrogen and oxygen atoms in total. The van der Waals surface area contributed by atoms with Crippen molar-refractivity contribution in [2.75, 3.05) is 16.4 Å². The second kappa shape index (κ2) is 9.52. The topological polar surface area (TPSA) is 66.9 Å². The summed E-state index contributed by atoms with van der Waals surface area (Å²) >= 11 is 7.44. The van der Waals surface area contributed by atoms with Gasteiger partial charge >= 0.3 is 0 Å². The van der Waals surface area contributed by atoms with Crippen molar-refractivity contribution >= 4 is 40.8 Å². The first-order valence-electron chi connectivity index (χ1n) is 8.49. The number of thioether (sulfide) groups is 1. The first kappa shape index (κ1) is 20.1. The molecule has 0 atom stereocenters. The number of aryl methyl sites for hydroxylation is 1. The molecule has 1 heterocycles. The number of carbonyl (C=O) groups is 1. The number of anilines is 2. The largest absolute Gasteiger partial charge is 0.366 e. The summed E-state index contributed by atoms with van der Waals surface area (Å²) in [4.78, 5) is 20.5. The Morgan fingerprint density at radius 2 is 2.00 bits per heavy atom. The van der Waals surface area contributed by atoms with Gasteiger partial charge in [-0.05, 0) is 42.3 Å². The zero-order valence-corrected chi connectivity index (χ0v) is 16.6. The van der Waals surface area contributed by atoms with Crippen LogP contribution >= 0.6 is 23.4 Å². The van der Waals surface area contributed by atoms with Crippen molar-refractivity contribution in [2.45, 2.75) is 18.5 Å². The molecule has 28 heavy (non-hydrogen) atoms. The number of carbonyl (C=O) groups excluding carboxylic acids is 1. The first-order chi connectivity index (χ1) is 13.5. The van der Waals surface area contributed by atoms with Gasteiger partial charge < -0.3 is 10.6 Å². The van der Waals surface area contributed by atoms with Crippen LogP contribution in [-0.4, -0.2) is 21.6 Å². The Balaban J connectivity index is 1.54. The molecule has 1 aromatic heterocycles. The zero-order chi connectivity index (χ0) is 19.9. The third-order valence-electron chi connectivity index (χ3n) is 3.87. The second-order valence-corrected chi connectivity index (χ2v) is 7.39. The molecule has 3 rings (SSSR count). The molecule has 0 saturated heterocycles. The summed E-state index contributed by atoms with van der Waals surface area (Å²) in [6, 6.07) is 13.6. The first-order valence-corrected chi connectivity index (χ1v) is 9.86. The maximum atomic E-state index is 13.1. The molecule has 0 spiro atoms. The number of hydrogen-bond acceptors (Lipinski definition) is 5. The summed E-state index contributed by atoms with van der Waals surface area (Å²) in [5.41, 5.74) is 2.23. The number of nitrogens with one attached hydrogen (secondary N) is 2. The molecular formula is C20H18ClFN4OS. The normalized spacial score (nSPS) is 10.5. The van der Waals surface area contributed by atoms with Crippen LogP contribution in [0.2, 0.25) is 5.02 Å². The molecule has 0 aliphatic carbocycles. The van der Waals surface area contributed by atoms with Crippen LogP contribution < -0.4 is 10.6 Å².